The zero-order valence-electron chi connectivity index (χ0n) is 14.0. The number of furan rings is 1. The molecule has 5 rings (SSSR count). The summed E-state index contributed by atoms with van der Waals surface area (Å²) in [5.41, 5.74) is 2.39. The molecular formula is C19H13N5O3. The number of rotatable bonds is 2. The Morgan fingerprint density at radius 1 is 1.33 bits per heavy atom. The summed E-state index contributed by atoms with van der Waals surface area (Å²) in [7, 11) is 0. The number of fused-ring (bicyclic) bond motifs is 2. The number of imidazole rings is 1. The second kappa shape index (κ2) is 5.85. The molecule has 0 spiro atoms. The van der Waals surface area contributed by atoms with Gasteiger partial charge in [-0.1, -0.05) is 18.2 Å². The van der Waals surface area contributed by atoms with Crippen LogP contribution in [-0.2, 0) is 6.42 Å². The number of nitrogens with one attached hydrogen (secondary N) is 1. The number of amides is 1. The molecule has 0 fully saturated rings. The Morgan fingerprint density at radius 3 is 3.07 bits per heavy atom. The Balaban J connectivity index is 1.64. The minimum absolute atomic E-state index is 0.0313. The normalized spacial score (nSPS) is 16.3. The maximum absolute atomic E-state index is 13.1. The number of hydrogen-bond acceptors (Lipinski definition) is 6. The number of nitriles is 1. The van der Waals surface area contributed by atoms with E-state index < -0.39 is 11.9 Å². The van der Waals surface area contributed by atoms with Gasteiger partial charge in [0.1, 0.15) is 23.5 Å². The van der Waals surface area contributed by atoms with E-state index in [2.05, 4.69) is 15.0 Å². The first-order valence-electron chi connectivity index (χ1n) is 8.41. The molecule has 1 aromatic carbocycles. The number of H-pyrrole nitrogens is 1. The zero-order valence-corrected chi connectivity index (χ0v) is 14.0. The van der Waals surface area contributed by atoms with Crippen molar-refractivity contribution >= 4 is 16.9 Å². The number of benzene rings is 1. The highest BCUT2D eigenvalue weighted by atomic mass is 16.4. The highest BCUT2D eigenvalue weighted by molar-refractivity contribution is 5.94. The van der Waals surface area contributed by atoms with Crippen LogP contribution in [0, 0.1) is 11.3 Å². The van der Waals surface area contributed by atoms with Crippen molar-refractivity contribution in [1.82, 2.24) is 19.9 Å². The Kier molecular flexibility index (Phi) is 3.33. The molecule has 4 heterocycles. The van der Waals surface area contributed by atoms with Gasteiger partial charge in [-0.3, -0.25) is 4.79 Å². The molecule has 8 nitrogen and oxygen atoms in total. The average molecular weight is 359 g/mol. The number of carbonyl (C=O) groups is 1. The summed E-state index contributed by atoms with van der Waals surface area (Å²) < 4.78 is 11.2. The van der Waals surface area contributed by atoms with Gasteiger partial charge in [0.05, 0.1) is 12.0 Å². The highest BCUT2D eigenvalue weighted by Gasteiger charge is 2.38. The molecule has 1 aliphatic heterocycles. The third kappa shape index (κ3) is 2.33. The van der Waals surface area contributed by atoms with Crippen molar-refractivity contribution in [2.24, 2.45) is 0 Å². The number of aromatic nitrogens is 3. The first-order chi connectivity index (χ1) is 13.3. The van der Waals surface area contributed by atoms with Gasteiger partial charge in [0.2, 0.25) is 5.76 Å². The number of oxazole rings is 1. The zero-order chi connectivity index (χ0) is 18.4. The molecule has 0 saturated carbocycles. The molecule has 1 aliphatic rings. The summed E-state index contributed by atoms with van der Waals surface area (Å²) >= 11 is 0. The Hall–Kier alpha value is -3.86. The first kappa shape index (κ1) is 15.4. The fourth-order valence-electron chi connectivity index (χ4n) is 3.53. The summed E-state index contributed by atoms with van der Waals surface area (Å²) in [4.78, 5) is 26.1. The molecule has 132 valence electrons. The number of aromatic amines is 1. The van der Waals surface area contributed by atoms with E-state index in [0.717, 1.165) is 28.8 Å². The van der Waals surface area contributed by atoms with E-state index in [4.69, 9.17) is 8.83 Å². The van der Waals surface area contributed by atoms with Crippen molar-refractivity contribution in [1.29, 1.82) is 5.26 Å². The van der Waals surface area contributed by atoms with E-state index in [1.165, 1.54) is 0 Å². The molecule has 1 amide bonds. The van der Waals surface area contributed by atoms with Crippen LogP contribution < -0.4 is 0 Å². The molecule has 0 radical (unpaired) electrons. The van der Waals surface area contributed by atoms with Crippen molar-refractivity contribution in [3.05, 3.63) is 71.7 Å². The fraction of sp³-hybridized carbons (Fsp3) is 0.158. The molecule has 0 unspecified atom stereocenters. The van der Waals surface area contributed by atoms with Crippen LogP contribution in [0.5, 0.6) is 0 Å². The molecule has 27 heavy (non-hydrogen) atoms. The van der Waals surface area contributed by atoms with E-state index in [1.54, 1.807) is 11.2 Å². The Bertz CT molecular complexity index is 1160. The molecule has 0 aliphatic carbocycles. The van der Waals surface area contributed by atoms with Gasteiger partial charge in [0.25, 0.3) is 5.91 Å². The van der Waals surface area contributed by atoms with Crippen molar-refractivity contribution in [2.75, 3.05) is 6.54 Å². The number of carbonyl (C=O) groups excluding carboxylic acids is 1. The first-order valence-corrected chi connectivity index (χ1v) is 8.41. The standard InChI is InChI=1S/C19H13N5O3/c20-8-13-18(26-10-23-13)19(25)24-6-5-12-16(22-9-21-12)17(24)15-7-11-3-1-2-4-14(11)27-15/h1-4,7,9-10,17H,5-6H2,(H,21,22)/t17-/m1/s1. The van der Waals surface area contributed by atoms with Crippen molar-refractivity contribution in [2.45, 2.75) is 12.5 Å². The second-order valence-corrected chi connectivity index (χ2v) is 6.25. The molecule has 4 aromatic rings. The van der Waals surface area contributed by atoms with Crippen molar-refractivity contribution < 1.29 is 13.6 Å². The molecule has 1 atom stereocenters. The van der Waals surface area contributed by atoms with E-state index >= 15 is 0 Å². The minimum atomic E-state index is -0.517. The summed E-state index contributed by atoms with van der Waals surface area (Å²) in [6.07, 6.45) is 3.34. The van der Waals surface area contributed by atoms with Gasteiger partial charge in [0, 0.05) is 24.0 Å². The fourth-order valence-corrected chi connectivity index (χ4v) is 3.53. The topological polar surface area (TPSA) is 112 Å². The number of para-hydroxylation sites is 1. The van der Waals surface area contributed by atoms with Crippen molar-refractivity contribution in [3.63, 3.8) is 0 Å². The van der Waals surface area contributed by atoms with Gasteiger partial charge in [0.15, 0.2) is 12.1 Å². The van der Waals surface area contributed by atoms with Gasteiger partial charge in [-0.15, -0.1) is 0 Å². The lowest BCUT2D eigenvalue weighted by Gasteiger charge is -2.33. The second-order valence-electron chi connectivity index (χ2n) is 6.25. The molecule has 1 N–H and O–H groups in total. The summed E-state index contributed by atoms with van der Waals surface area (Å²) in [5, 5.41) is 10.1. The molecule has 3 aromatic heterocycles. The summed E-state index contributed by atoms with van der Waals surface area (Å²) in [5.74, 6) is 0.122. The van der Waals surface area contributed by atoms with Crippen LogP contribution in [0.15, 0.2) is 51.9 Å². The van der Waals surface area contributed by atoms with Crippen LogP contribution in [0.3, 0.4) is 0 Å². The SMILES string of the molecule is N#Cc1ncoc1C(=O)N1CCc2[nH]cnc2[C@H]1c1cc2ccccc2o1. The van der Waals surface area contributed by atoms with E-state index in [0.29, 0.717) is 18.7 Å². The minimum Gasteiger partial charge on any atom is -0.458 e. The molecule has 0 bridgehead atoms. The maximum atomic E-state index is 13.1. The van der Waals surface area contributed by atoms with Crippen LogP contribution in [0.4, 0.5) is 0 Å². The average Bonchev–Trinajstić information content (AvgIpc) is 3.44. The number of nitrogens with zero attached hydrogens (tertiary/aromatic N) is 4. The third-order valence-corrected chi connectivity index (χ3v) is 4.77. The van der Waals surface area contributed by atoms with E-state index in [1.807, 2.05) is 36.4 Å². The predicted octanol–water partition coefficient (Wildman–Crippen LogP) is 2.80. The van der Waals surface area contributed by atoms with E-state index in [-0.39, 0.29) is 11.5 Å². The van der Waals surface area contributed by atoms with Gasteiger partial charge < -0.3 is 18.7 Å². The molecular weight excluding hydrogens is 346 g/mol. The van der Waals surface area contributed by atoms with Gasteiger partial charge >= 0.3 is 0 Å². The van der Waals surface area contributed by atoms with Gasteiger partial charge in [-0.25, -0.2) is 9.97 Å². The van der Waals surface area contributed by atoms with Crippen LogP contribution >= 0.6 is 0 Å². The van der Waals surface area contributed by atoms with Crippen LogP contribution in [0.1, 0.15) is 39.4 Å². The lowest BCUT2D eigenvalue weighted by atomic mass is 9.99. The summed E-state index contributed by atoms with van der Waals surface area (Å²) in [6.45, 7) is 0.432. The van der Waals surface area contributed by atoms with Crippen molar-refractivity contribution in [3.8, 4) is 6.07 Å². The van der Waals surface area contributed by atoms with Gasteiger partial charge in [-0.2, -0.15) is 5.26 Å². The van der Waals surface area contributed by atoms with Crippen LogP contribution in [0.2, 0.25) is 0 Å². The molecule has 8 heteroatoms. The van der Waals surface area contributed by atoms with Crippen LogP contribution in [0.25, 0.3) is 11.0 Å². The van der Waals surface area contributed by atoms with Crippen LogP contribution in [-0.4, -0.2) is 32.3 Å². The molecule has 0 saturated heterocycles. The lowest BCUT2D eigenvalue weighted by Crippen LogP contribution is -2.40. The third-order valence-electron chi connectivity index (χ3n) is 4.77. The van der Waals surface area contributed by atoms with E-state index in [9.17, 15) is 10.1 Å². The Morgan fingerprint density at radius 2 is 2.22 bits per heavy atom. The monoisotopic (exact) mass is 359 g/mol. The predicted molar refractivity (Wildman–Crippen MR) is 92.6 cm³/mol. The highest BCUT2D eigenvalue weighted by Crippen LogP contribution is 2.37. The summed E-state index contributed by atoms with van der Waals surface area (Å²) in [6, 6.07) is 10.9. The number of hydrogen-bond donors (Lipinski definition) is 1. The van der Waals surface area contributed by atoms with Gasteiger partial charge in [-0.05, 0) is 12.1 Å². The largest absolute Gasteiger partial charge is 0.458 e. The quantitative estimate of drug-likeness (QED) is 0.589. The Labute approximate surface area is 153 Å². The lowest BCUT2D eigenvalue weighted by molar-refractivity contribution is 0.0639. The smallest absolute Gasteiger partial charge is 0.293 e. The maximum Gasteiger partial charge on any atom is 0.293 e.